The average molecular weight is 352 g/mol. The van der Waals surface area contributed by atoms with Gasteiger partial charge in [-0.25, -0.2) is 0 Å². The van der Waals surface area contributed by atoms with E-state index in [-0.39, 0.29) is 11.6 Å². The summed E-state index contributed by atoms with van der Waals surface area (Å²) in [4.78, 5) is 0. The molecule has 21 heavy (non-hydrogen) atoms. The minimum atomic E-state index is -0.106. The van der Waals surface area contributed by atoms with Crippen molar-refractivity contribution in [3.63, 3.8) is 0 Å². The summed E-state index contributed by atoms with van der Waals surface area (Å²) in [7, 11) is 0. The predicted molar refractivity (Wildman–Crippen MR) is 90.5 cm³/mol. The molecule has 3 heteroatoms. The first-order valence-corrected chi connectivity index (χ1v) is 8.63. The fourth-order valence-electron chi connectivity index (χ4n) is 5.13. The fraction of sp³-hybridized carbons (Fsp3) is 0.667. The summed E-state index contributed by atoms with van der Waals surface area (Å²) in [5.74, 6) is 0.977. The summed E-state index contributed by atoms with van der Waals surface area (Å²) in [6.45, 7) is 9.45. The Balaban J connectivity index is 1.99. The minimum Gasteiger partial charge on any atom is -0.487 e. The molecule has 1 aliphatic heterocycles. The molecule has 1 spiro atoms. The Bertz CT molecular complexity index is 548. The van der Waals surface area contributed by atoms with Gasteiger partial charge in [-0.2, -0.15) is 0 Å². The van der Waals surface area contributed by atoms with Crippen LogP contribution in [-0.2, 0) is 0 Å². The lowest BCUT2D eigenvalue weighted by Gasteiger charge is -2.54. The molecule has 2 aliphatic rings. The summed E-state index contributed by atoms with van der Waals surface area (Å²) in [5, 5.41) is 0. The van der Waals surface area contributed by atoms with Crippen LogP contribution in [0.25, 0.3) is 0 Å². The van der Waals surface area contributed by atoms with E-state index in [1.807, 2.05) is 6.07 Å². The minimum absolute atomic E-state index is 0.0657. The summed E-state index contributed by atoms with van der Waals surface area (Å²) in [6.07, 6.45) is 4.34. The molecule has 2 N–H and O–H groups in total. The van der Waals surface area contributed by atoms with Crippen molar-refractivity contribution in [2.24, 2.45) is 16.6 Å². The van der Waals surface area contributed by atoms with Crippen LogP contribution in [0, 0.1) is 10.8 Å². The Morgan fingerprint density at radius 1 is 1.10 bits per heavy atom. The quantitative estimate of drug-likeness (QED) is 0.696. The lowest BCUT2D eigenvalue weighted by atomic mass is 9.58. The molecule has 0 amide bonds. The molecule has 1 aromatic rings. The molecule has 116 valence electrons. The molecule has 0 unspecified atom stereocenters. The second-order valence-electron chi connectivity index (χ2n) is 8.64. The maximum atomic E-state index is 6.56. The van der Waals surface area contributed by atoms with Gasteiger partial charge in [0.25, 0.3) is 0 Å². The standard InChI is InChI=1S/C18H26BrNO/c1-16(2)9-17(3,4)11-18(10-16)8-14(20)13-7-12(19)5-6-15(13)21-18/h5-7,14H,8-11,20H2,1-4H3/t14-/m1/s1. The Morgan fingerprint density at radius 2 is 1.71 bits per heavy atom. The van der Waals surface area contributed by atoms with Gasteiger partial charge in [-0.05, 0) is 48.3 Å². The number of nitrogens with two attached hydrogens (primary N) is 1. The molecular weight excluding hydrogens is 326 g/mol. The zero-order chi connectivity index (χ0) is 15.5. The van der Waals surface area contributed by atoms with Crippen molar-refractivity contribution in [2.45, 2.75) is 65.0 Å². The highest BCUT2D eigenvalue weighted by molar-refractivity contribution is 9.10. The number of fused-ring (bicyclic) bond motifs is 1. The summed E-state index contributed by atoms with van der Waals surface area (Å²) in [5.41, 5.74) is 8.13. The Morgan fingerprint density at radius 3 is 2.33 bits per heavy atom. The lowest BCUT2D eigenvalue weighted by Crippen LogP contribution is -2.52. The molecule has 0 aromatic heterocycles. The Kier molecular flexibility index (Phi) is 3.46. The summed E-state index contributed by atoms with van der Waals surface area (Å²) < 4.78 is 7.63. The molecule has 1 atom stereocenters. The van der Waals surface area contributed by atoms with E-state index in [9.17, 15) is 0 Å². The maximum absolute atomic E-state index is 6.56. The van der Waals surface area contributed by atoms with E-state index in [2.05, 4.69) is 55.8 Å². The summed E-state index contributed by atoms with van der Waals surface area (Å²) in [6, 6.07) is 6.28. The number of rotatable bonds is 0. The topological polar surface area (TPSA) is 35.2 Å². The Hall–Kier alpha value is -0.540. The number of ether oxygens (including phenoxy) is 1. The van der Waals surface area contributed by atoms with Gasteiger partial charge in [-0.15, -0.1) is 0 Å². The van der Waals surface area contributed by atoms with E-state index >= 15 is 0 Å². The molecule has 2 nitrogen and oxygen atoms in total. The largest absolute Gasteiger partial charge is 0.487 e. The second-order valence-corrected chi connectivity index (χ2v) is 9.55. The molecule has 1 saturated carbocycles. The first-order chi connectivity index (χ1) is 9.60. The SMILES string of the molecule is CC1(C)CC(C)(C)CC2(C[C@@H](N)c3cc(Br)ccc3O2)C1. The Labute approximate surface area is 136 Å². The van der Waals surface area contributed by atoms with Gasteiger partial charge in [-0.1, -0.05) is 43.6 Å². The molecule has 1 aliphatic carbocycles. The average Bonchev–Trinajstić information content (AvgIpc) is 2.25. The molecule has 1 fully saturated rings. The van der Waals surface area contributed by atoms with Gasteiger partial charge in [0, 0.05) is 22.5 Å². The highest BCUT2D eigenvalue weighted by Crippen LogP contribution is 2.56. The van der Waals surface area contributed by atoms with Crippen molar-refractivity contribution in [1.29, 1.82) is 0 Å². The molecule has 1 aromatic carbocycles. The van der Waals surface area contributed by atoms with Gasteiger partial charge in [0.15, 0.2) is 0 Å². The van der Waals surface area contributed by atoms with E-state index in [0.29, 0.717) is 10.8 Å². The molecule has 0 radical (unpaired) electrons. The van der Waals surface area contributed by atoms with Crippen molar-refractivity contribution >= 4 is 15.9 Å². The third-order valence-electron chi connectivity index (χ3n) is 4.85. The van der Waals surface area contributed by atoms with Crippen LogP contribution < -0.4 is 10.5 Å². The van der Waals surface area contributed by atoms with E-state index in [1.165, 1.54) is 6.42 Å². The lowest BCUT2D eigenvalue weighted by molar-refractivity contribution is -0.0839. The van der Waals surface area contributed by atoms with Gasteiger partial charge in [0.1, 0.15) is 11.4 Å². The van der Waals surface area contributed by atoms with Gasteiger partial charge in [-0.3, -0.25) is 0 Å². The van der Waals surface area contributed by atoms with Gasteiger partial charge in [0.2, 0.25) is 0 Å². The smallest absolute Gasteiger partial charge is 0.124 e. The van der Waals surface area contributed by atoms with Crippen LogP contribution in [0.1, 0.15) is 65.0 Å². The van der Waals surface area contributed by atoms with Crippen molar-refractivity contribution in [1.82, 2.24) is 0 Å². The normalized spacial score (nSPS) is 28.8. The molecule has 3 rings (SSSR count). The van der Waals surface area contributed by atoms with Crippen molar-refractivity contribution in [2.75, 3.05) is 0 Å². The van der Waals surface area contributed by atoms with Crippen LogP contribution in [0.2, 0.25) is 0 Å². The van der Waals surface area contributed by atoms with Gasteiger partial charge >= 0.3 is 0 Å². The highest BCUT2D eigenvalue weighted by Gasteiger charge is 2.51. The number of hydrogen-bond acceptors (Lipinski definition) is 2. The molecule has 1 heterocycles. The number of halogens is 1. The number of hydrogen-bond donors (Lipinski definition) is 1. The van der Waals surface area contributed by atoms with Crippen LogP contribution in [0.5, 0.6) is 5.75 Å². The zero-order valence-electron chi connectivity index (χ0n) is 13.5. The third-order valence-corrected chi connectivity index (χ3v) is 5.34. The van der Waals surface area contributed by atoms with Gasteiger partial charge in [0.05, 0.1) is 0 Å². The van der Waals surface area contributed by atoms with E-state index in [0.717, 1.165) is 35.0 Å². The third kappa shape index (κ3) is 3.00. The highest BCUT2D eigenvalue weighted by atomic mass is 79.9. The molecule has 0 saturated heterocycles. The zero-order valence-corrected chi connectivity index (χ0v) is 15.1. The van der Waals surface area contributed by atoms with Crippen LogP contribution in [0.3, 0.4) is 0 Å². The monoisotopic (exact) mass is 351 g/mol. The predicted octanol–water partition coefficient (Wildman–Crippen LogP) is 5.21. The maximum Gasteiger partial charge on any atom is 0.124 e. The fourth-order valence-corrected chi connectivity index (χ4v) is 5.51. The van der Waals surface area contributed by atoms with E-state index < -0.39 is 0 Å². The van der Waals surface area contributed by atoms with Crippen molar-refractivity contribution in [3.8, 4) is 5.75 Å². The number of benzene rings is 1. The van der Waals surface area contributed by atoms with Crippen molar-refractivity contribution in [3.05, 3.63) is 28.2 Å². The van der Waals surface area contributed by atoms with Crippen LogP contribution in [0.4, 0.5) is 0 Å². The second kappa shape index (κ2) is 4.73. The first-order valence-electron chi connectivity index (χ1n) is 7.84. The summed E-state index contributed by atoms with van der Waals surface area (Å²) >= 11 is 3.53. The van der Waals surface area contributed by atoms with Crippen molar-refractivity contribution < 1.29 is 4.74 Å². The van der Waals surface area contributed by atoms with E-state index in [1.54, 1.807) is 0 Å². The van der Waals surface area contributed by atoms with Crippen LogP contribution in [0.15, 0.2) is 22.7 Å². The van der Waals surface area contributed by atoms with Crippen LogP contribution >= 0.6 is 15.9 Å². The molecular formula is C18H26BrNO. The van der Waals surface area contributed by atoms with Gasteiger partial charge < -0.3 is 10.5 Å². The molecule has 0 bridgehead atoms. The van der Waals surface area contributed by atoms with E-state index in [4.69, 9.17) is 10.5 Å². The van der Waals surface area contributed by atoms with Crippen LogP contribution in [-0.4, -0.2) is 5.60 Å². The first kappa shape index (κ1) is 15.4.